The van der Waals surface area contributed by atoms with Crippen LogP contribution >= 0.6 is 11.6 Å². The van der Waals surface area contributed by atoms with Crippen molar-refractivity contribution in [2.24, 2.45) is 0 Å². The van der Waals surface area contributed by atoms with Gasteiger partial charge in [-0.3, -0.25) is 10.1 Å². The molecule has 0 spiro atoms. The van der Waals surface area contributed by atoms with Crippen molar-refractivity contribution in [2.45, 2.75) is 19.1 Å². The first-order valence-corrected chi connectivity index (χ1v) is 15.3. The number of carbonyl (C=O) groups excluding carboxylic acids is 3. The van der Waals surface area contributed by atoms with E-state index in [9.17, 15) is 24.3 Å². The summed E-state index contributed by atoms with van der Waals surface area (Å²) in [7, 11) is 0. The summed E-state index contributed by atoms with van der Waals surface area (Å²) in [5, 5.41) is 12.3. The summed E-state index contributed by atoms with van der Waals surface area (Å²) in [5.41, 5.74) is 6.40. The summed E-state index contributed by atoms with van der Waals surface area (Å²) in [6, 6.07) is 33.0. The first-order chi connectivity index (χ1) is 23.3. The molecule has 0 fully saturated rings. The zero-order chi connectivity index (χ0) is 33.6. The van der Waals surface area contributed by atoms with Gasteiger partial charge in [-0.1, -0.05) is 96.5 Å². The van der Waals surface area contributed by atoms with E-state index in [1.807, 2.05) is 30.3 Å². The summed E-state index contributed by atoms with van der Waals surface area (Å²) in [5.74, 6) is -2.57. The van der Waals surface area contributed by atoms with Crippen molar-refractivity contribution in [3.05, 3.63) is 154 Å². The number of halogens is 1. The van der Waals surface area contributed by atoms with E-state index < -0.39 is 30.7 Å². The Morgan fingerprint density at radius 1 is 0.750 bits per heavy atom. The first kappa shape index (κ1) is 32.0. The SMILES string of the molecule is O=C(Nc1ccccc1OC(COC(=O)c1ccc(C(=O)c2ccccc2)cc1Cl)C(=O)O)OCc1ccc2c(c1)-c1ccccc1C2. The lowest BCUT2D eigenvalue weighted by atomic mass is 10.0. The van der Waals surface area contributed by atoms with E-state index in [0.29, 0.717) is 5.56 Å². The van der Waals surface area contributed by atoms with Crippen molar-refractivity contribution in [2.75, 3.05) is 11.9 Å². The molecule has 0 saturated heterocycles. The second-order valence-electron chi connectivity index (χ2n) is 11.0. The van der Waals surface area contributed by atoms with Crippen molar-refractivity contribution in [3.63, 3.8) is 0 Å². The number of para-hydroxylation sites is 2. The van der Waals surface area contributed by atoms with E-state index in [0.717, 1.165) is 17.5 Å². The van der Waals surface area contributed by atoms with Crippen LogP contribution in [0.4, 0.5) is 10.5 Å². The van der Waals surface area contributed by atoms with E-state index in [2.05, 4.69) is 17.4 Å². The number of anilines is 1. The molecule has 5 aromatic carbocycles. The highest BCUT2D eigenvalue weighted by molar-refractivity contribution is 6.34. The summed E-state index contributed by atoms with van der Waals surface area (Å²) < 4.78 is 16.3. The molecular formula is C38H28ClNO8. The molecule has 10 heteroatoms. The van der Waals surface area contributed by atoms with Crippen molar-refractivity contribution in [3.8, 4) is 16.9 Å². The summed E-state index contributed by atoms with van der Waals surface area (Å²) in [6.45, 7) is -0.655. The van der Waals surface area contributed by atoms with Gasteiger partial charge >= 0.3 is 18.0 Å². The van der Waals surface area contributed by atoms with Gasteiger partial charge in [0.2, 0.25) is 6.10 Å². The number of amides is 1. The molecule has 6 rings (SSSR count). The van der Waals surface area contributed by atoms with Crippen LogP contribution in [0.2, 0.25) is 5.02 Å². The molecule has 0 heterocycles. The van der Waals surface area contributed by atoms with Crippen LogP contribution in [0, 0.1) is 0 Å². The smallest absolute Gasteiger partial charge is 0.412 e. The predicted octanol–water partition coefficient (Wildman–Crippen LogP) is 7.58. The van der Waals surface area contributed by atoms with Crippen LogP contribution in [0.3, 0.4) is 0 Å². The van der Waals surface area contributed by atoms with Crippen LogP contribution in [0.15, 0.2) is 115 Å². The highest BCUT2D eigenvalue weighted by Crippen LogP contribution is 2.37. The van der Waals surface area contributed by atoms with Gasteiger partial charge in [0, 0.05) is 11.1 Å². The maximum absolute atomic E-state index is 12.8. The first-order valence-electron chi connectivity index (χ1n) is 15.0. The highest BCUT2D eigenvalue weighted by Gasteiger charge is 2.25. The van der Waals surface area contributed by atoms with Gasteiger partial charge in [-0.2, -0.15) is 0 Å². The second-order valence-corrected chi connectivity index (χ2v) is 11.4. The number of ether oxygens (including phenoxy) is 3. The van der Waals surface area contributed by atoms with E-state index >= 15 is 0 Å². The fourth-order valence-electron chi connectivity index (χ4n) is 5.34. The fraction of sp³-hybridized carbons (Fsp3) is 0.105. The molecule has 5 aromatic rings. The third-order valence-corrected chi connectivity index (χ3v) is 8.07. The molecule has 0 saturated carbocycles. The number of rotatable bonds is 11. The molecule has 1 aliphatic carbocycles. The molecule has 0 aromatic heterocycles. The molecule has 1 atom stereocenters. The number of ketones is 1. The number of carboxylic acids is 1. The third-order valence-electron chi connectivity index (χ3n) is 7.75. The van der Waals surface area contributed by atoms with E-state index in [-0.39, 0.29) is 40.0 Å². The van der Waals surface area contributed by atoms with Crippen LogP contribution in [0.1, 0.15) is 43.0 Å². The molecule has 2 N–H and O–H groups in total. The number of nitrogens with one attached hydrogen (secondary N) is 1. The Morgan fingerprint density at radius 2 is 1.48 bits per heavy atom. The lowest BCUT2D eigenvalue weighted by molar-refractivity contribution is -0.146. The number of fused-ring (bicyclic) bond motifs is 3. The average molecular weight is 662 g/mol. The van der Waals surface area contributed by atoms with Gasteiger partial charge in [0.25, 0.3) is 0 Å². The third kappa shape index (κ3) is 7.22. The molecule has 1 unspecified atom stereocenters. The van der Waals surface area contributed by atoms with Crippen LogP contribution in [-0.2, 0) is 27.3 Å². The number of carbonyl (C=O) groups is 4. The van der Waals surface area contributed by atoms with Crippen molar-refractivity contribution in [1.82, 2.24) is 0 Å². The summed E-state index contributed by atoms with van der Waals surface area (Å²) in [6.07, 6.45) is -1.53. The van der Waals surface area contributed by atoms with Crippen LogP contribution in [0.25, 0.3) is 11.1 Å². The van der Waals surface area contributed by atoms with E-state index in [4.69, 9.17) is 25.8 Å². The number of hydrogen-bond acceptors (Lipinski definition) is 7. The van der Waals surface area contributed by atoms with Gasteiger partial charge in [-0.25, -0.2) is 14.4 Å². The molecular weight excluding hydrogens is 634 g/mol. The van der Waals surface area contributed by atoms with Gasteiger partial charge in [0.15, 0.2) is 5.78 Å². The molecule has 0 aliphatic heterocycles. The number of esters is 1. The van der Waals surface area contributed by atoms with Crippen LogP contribution in [-0.4, -0.2) is 41.6 Å². The van der Waals surface area contributed by atoms with Crippen molar-refractivity contribution in [1.29, 1.82) is 0 Å². The molecule has 0 radical (unpaired) electrons. The number of benzene rings is 5. The van der Waals surface area contributed by atoms with E-state index in [1.165, 1.54) is 47.0 Å². The summed E-state index contributed by atoms with van der Waals surface area (Å²) >= 11 is 6.29. The standard InChI is InChI=1S/C38H28ClNO8/c39-31-20-27(35(41)24-8-2-1-3-9-24)16-17-29(31)37(44)46-22-34(36(42)43)48-33-13-7-6-12-32(33)40-38(45)47-21-23-14-15-26-19-25-10-4-5-11-28(25)30(26)18-23/h1-18,20,34H,19,21-22H2,(H,40,45)(H,42,43). The van der Waals surface area contributed by atoms with Gasteiger partial charge < -0.3 is 19.3 Å². The van der Waals surface area contributed by atoms with Crippen molar-refractivity contribution >= 4 is 41.1 Å². The zero-order valence-corrected chi connectivity index (χ0v) is 26.1. The topological polar surface area (TPSA) is 128 Å². The van der Waals surface area contributed by atoms with Gasteiger partial charge in [-0.15, -0.1) is 0 Å². The molecule has 0 bridgehead atoms. The Bertz CT molecular complexity index is 2030. The highest BCUT2D eigenvalue weighted by atomic mass is 35.5. The minimum atomic E-state index is -1.63. The molecule has 1 amide bonds. The van der Waals surface area contributed by atoms with E-state index in [1.54, 1.807) is 42.5 Å². The van der Waals surface area contributed by atoms with Crippen molar-refractivity contribution < 1.29 is 38.5 Å². The number of carboxylic acid groups (broad SMARTS) is 1. The monoisotopic (exact) mass is 661 g/mol. The molecule has 1 aliphatic rings. The van der Waals surface area contributed by atoms with Crippen LogP contribution < -0.4 is 10.1 Å². The predicted molar refractivity (Wildman–Crippen MR) is 179 cm³/mol. The Balaban J connectivity index is 1.06. The maximum atomic E-state index is 12.8. The molecule has 9 nitrogen and oxygen atoms in total. The zero-order valence-electron chi connectivity index (χ0n) is 25.4. The van der Waals surface area contributed by atoms with Gasteiger partial charge in [-0.05, 0) is 64.6 Å². The number of hydrogen-bond donors (Lipinski definition) is 2. The minimum Gasteiger partial charge on any atom is -0.478 e. The fourth-order valence-corrected chi connectivity index (χ4v) is 5.60. The Morgan fingerprint density at radius 3 is 2.27 bits per heavy atom. The maximum Gasteiger partial charge on any atom is 0.412 e. The number of aliphatic carboxylic acids is 1. The van der Waals surface area contributed by atoms with Gasteiger partial charge in [0.05, 0.1) is 16.3 Å². The summed E-state index contributed by atoms with van der Waals surface area (Å²) in [4.78, 5) is 50.3. The van der Waals surface area contributed by atoms with Gasteiger partial charge in [0.1, 0.15) is 19.0 Å². The largest absolute Gasteiger partial charge is 0.478 e. The average Bonchev–Trinajstić information content (AvgIpc) is 3.47. The lowest BCUT2D eigenvalue weighted by Gasteiger charge is -2.18. The Labute approximate surface area is 280 Å². The molecule has 240 valence electrons. The Kier molecular flexibility index (Phi) is 9.50. The quantitative estimate of drug-likeness (QED) is 0.107. The normalized spacial score (nSPS) is 11.9. The van der Waals surface area contributed by atoms with Crippen LogP contribution in [0.5, 0.6) is 5.75 Å². The Hall–Kier alpha value is -5.93. The molecule has 48 heavy (non-hydrogen) atoms. The lowest BCUT2D eigenvalue weighted by Crippen LogP contribution is -2.33. The second kappa shape index (κ2) is 14.2. The minimum absolute atomic E-state index is 0.0158.